The predicted octanol–water partition coefficient (Wildman–Crippen LogP) is 8.27. The molecule has 6 nitrogen and oxygen atoms in total. The average Bonchev–Trinajstić information content (AvgIpc) is 3.20. The van der Waals surface area contributed by atoms with Crippen LogP contribution in [0, 0.1) is 0 Å². The lowest BCUT2D eigenvalue weighted by atomic mass is 9.85. The Bertz CT molecular complexity index is 1350. The number of alkyl halides is 6. The Morgan fingerprint density at radius 2 is 1.64 bits per heavy atom. The molecule has 1 aliphatic carbocycles. The number of methoxy groups -OCH3 is 1. The van der Waals surface area contributed by atoms with Gasteiger partial charge in [-0.3, -0.25) is 9.69 Å². The number of carbonyl (C=O) groups is 2. The summed E-state index contributed by atoms with van der Waals surface area (Å²) in [6.07, 6.45) is -9.79. The third-order valence-corrected chi connectivity index (χ3v) is 7.63. The van der Waals surface area contributed by atoms with Crippen molar-refractivity contribution >= 4 is 17.6 Å². The van der Waals surface area contributed by atoms with Crippen LogP contribution in [0.5, 0.6) is 5.75 Å². The van der Waals surface area contributed by atoms with Gasteiger partial charge in [-0.2, -0.15) is 26.3 Å². The SMILES string of the molecule is COc1ccc(C(C)OC(C)=O)cc1C1=C(CN2C(=O)OC(c3cc(C(F)(F)F)cc(C(F)(F)F)c3)C2C)CCCC1. The first-order chi connectivity index (χ1) is 19.6. The normalized spacial score (nSPS) is 20.4. The lowest BCUT2D eigenvalue weighted by molar-refractivity contribution is -0.146. The van der Waals surface area contributed by atoms with E-state index in [2.05, 4.69) is 0 Å². The van der Waals surface area contributed by atoms with Crippen molar-refractivity contribution in [1.29, 1.82) is 0 Å². The molecule has 4 rings (SSSR count). The summed E-state index contributed by atoms with van der Waals surface area (Å²) in [6.45, 7) is 4.66. The first-order valence-corrected chi connectivity index (χ1v) is 13.4. The van der Waals surface area contributed by atoms with Gasteiger partial charge in [0.15, 0.2) is 0 Å². The number of esters is 1. The minimum absolute atomic E-state index is 0.0473. The van der Waals surface area contributed by atoms with E-state index in [4.69, 9.17) is 14.2 Å². The van der Waals surface area contributed by atoms with Gasteiger partial charge in [0.05, 0.1) is 24.3 Å². The van der Waals surface area contributed by atoms with Crippen LogP contribution in [-0.2, 0) is 26.6 Å². The van der Waals surface area contributed by atoms with Crippen molar-refractivity contribution in [2.45, 2.75) is 77.1 Å². The van der Waals surface area contributed by atoms with Crippen LogP contribution < -0.4 is 4.74 Å². The van der Waals surface area contributed by atoms with Crippen LogP contribution in [0.1, 0.15) is 86.5 Å². The van der Waals surface area contributed by atoms with Crippen LogP contribution in [0.4, 0.5) is 31.1 Å². The molecule has 0 bridgehead atoms. The largest absolute Gasteiger partial charge is 0.496 e. The van der Waals surface area contributed by atoms with Crippen molar-refractivity contribution in [3.63, 3.8) is 0 Å². The number of allylic oxidation sites excluding steroid dienone is 1. The molecule has 0 saturated carbocycles. The number of hydrogen-bond acceptors (Lipinski definition) is 5. The highest BCUT2D eigenvalue weighted by molar-refractivity contribution is 5.77. The van der Waals surface area contributed by atoms with Gasteiger partial charge in [0.2, 0.25) is 0 Å². The molecule has 1 amide bonds. The minimum Gasteiger partial charge on any atom is -0.496 e. The molecular formula is C30H31F6NO5. The van der Waals surface area contributed by atoms with Gasteiger partial charge in [-0.05, 0) is 92.1 Å². The Morgan fingerprint density at radius 3 is 2.21 bits per heavy atom. The van der Waals surface area contributed by atoms with Crippen LogP contribution in [0.15, 0.2) is 42.0 Å². The standard InChI is InChI=1S/C30H31F6NO5/c1-16-27(21-11-22(29(31,32)33)14-23(12-21)30(34,35)36)42-28(39)37(16)15-20-7-5-6-8-24(20)25-13-19(9-10-26(25)40-4)17(2)41-18(3)38/h9-14,16-17,27H,5-8,15H2,1-4H3. The Morgan fingerprint density at radius 1 is 1.02 bits per heavy atom. The van der Waals surface area contributed by atoms with Gasteiger partial charge in [-0.25, -0.2) is 4.79 Å². The fourth-order valence-corrected chi connectivity index (χ4v) is 5.51. The Kier molecular flexibility index (Phi) is 8.84. The third-order valence-electron chi connectivity index (χ3n) is 7.63. The zero-order valence-corrected chi connectivity index (χ0v) is 23.5. The second-order valence-corrected chi connectivity index (χ2v) is 10.5. The van der Waals surface area contributed by atoms with Crippen molar-refractivity contribution in [2.24, 2.45) is 0 Å². The van der Waals surface area contributed by atoms with Gasteiger partial charge in [0.1, 0.15) is 18.0 Å². The second-order valence-electron chi connectivity index (χ2n) is 10.5. The summed E-state index contributed by atoms with van der Waals surface area (Å²) in [5.41, 5.74) is -0.0431. The summed E-state index contributed by atoms with van der Waals surface area (Å²) >= 11 is 0. The maximum absolute atomic E-state index is 13.5. The van der Waals surface area contributed by atoms with E-state index in [-0.39, 0.29) is 18.2 Å². The van der Waals surface area contributed by atoms with Crippen LogP contribution in [0.25, 0.3) is 5.57 Å². The van der Waals surface area contributed by atoms with Crippen LogP contribution in [0.2, 0.25) is 0 Å². The highest BCUT2D eigenvalue weighted by atomic mass is 19.4. The average molecular weight is 600 g/mol. The molecule has 0 N–H and O–H groups in total. The fourth-order valence-electron chi connectivity index (χ4n) is 5.51. The predicted molar refractivity (Wildman–Crippen MR) is 140 cm³/mol. The van der Waals surface area contributed by atoms with E-state index in [0.717, 1.165) is 35.1 Å². The highest BCUT2D eigenvalue weighted by Gasteiger charge is 2.43. The summed E-state index contributed by atoms with van der Waals surface area (Å²) < 4.78 is 97.1. The van der Waals surface area contributed by atoms with E-state index >= 15 is 0 Å². The molecule has 1 saturated heterocycles. The fraction of sp³-hybridized carbons (Fsp3) is 0.467. The zero-order chi connectivity index (χ0) is 31.0. The number of carbonyl (C=O) groups excluding carboxylic acids is 2. The molecular weight excluding hydrogens is 568 g/mol. The molecule has 1 aliphatic heterocycles. The first kappa shape index (κ1) is 31.2. The highest BCUT2D eigenvalue weighted by Crippen LogP contribution is 2.43. The number of halogens is 6. The Balaban J connectivity index is 1.69. The third kappa shape index (κ3) is 6.68. The molecule has 42 heavy (non-hydrogen) atoms. The molecule has 12 heteroatoms. The summed E-state index contributed by atoms with van der Waals surface area (Å²) in [6, 6.07) is 5.80. The molecule has 1 fully saturated rings. The van der Waals surface area contributed by atoms with Gasteiger partial charge in [-0.1, -0.05) is 6.07 Å². The van der Waals surface area contributed by atoms with Gasteiger partial charge < -0.3 is 14.2 Å². The molecule has 0 spiro atoms. The van der Waals surface area contributed by atoms with Gasteiger partial charge >= 0.3 is 24.4 Å². The first-order valence-electron chi connectivity index (χ1n) is 13.4. The summed E-state index contributed by atoms with van der Waals surface area (Å²) in [5.74, 6) is 0.137. The topological polar surface area (TPSA) is 65.1 Å². The number of hydrogen-bond donors (Lipinski definition) is 0. The molecule has 0 radical (unpaired) electrons. The minimum atomic E-state index is -5.02. The Hall–Kier alpha value is -3.70. The summed E-state index contributed by atoms with van der Waals surface area (Å²) in [5, 5.41) is 0. The quantitative estimate of drug-likeness (QED) is 0.237. The number of benzene rings is 2. The number of ether oxygens (including phenoxy) is 3. The van der Waals surface area contributed by atoms with Crippen molar-refractivity contribution in [3.8, 4) is 5.75 Å². The molecule has 2 aromatic carbocycles. The van der Waals surface area contributed by atoms with Crippen molar-refractivity contribution in [2.75, 3.05) is 13.7 Å². The maximum atomic E-state index is 13.5. The van der Waals surface area contributed by atoms with E-state index in [1.54, 1.807) is 19.1 Å². The zero-order valence-electron chi connectivity index (χ0n) is 23.5. The molecule has 2 aliphatic rings. The monoisotopic (exact) mass is 599 g/mol. The van der Waals surface area contributed by atoms with Gasteiger partial charge in [0, 0.05) is 19.0 Å². The maximum Gasteiger partial charge on any atom is 0.416 e. The number of nitrogens with zero attached hydrogens (tertiary/aromatic N) is 1. The van der Waals surface area contributed by atoms with E-state index in [1.165, 1.54) is 25.9 Å². The van der Waals surface area contributed by atoms with Crippen LogP contribution >= 0.6 is 0 Å². The van der Waals surface area contributed by atoms with Crippen molar-refractivity contribution in [3.05, 3.63) is 69.8 Å². The van der Waals surface area contributed by atoms with Gasteiger partial charge in [-0.15, -0.1) is 0 Å². The molecule has 0 aromatic heterocycles. The number of amides is 1. The van der Waals surface area contributed by atoms with E-state index in [1.807, 2.05) is 6.07 Å². The van der Waals surface area contributed by atoms with Gasteiger partial charge in [0.25, 0.3) is 0 Å². The van der Waals surface area contributed by atoms with E-state index in [0.29, 0.717) is 30.7 Å². The molecule has 3 unspecified atom stereocenters. The summed E-state index contributed by atoms with van der Waals surface area (Å²) in [4.78, 5) is 25.8. The lowest BCUT2D eigenvalue weighted by Gasteiger charge is -2.28. The van der Waals surface area contributed by atoms with Crippen LogP contribution in [-0.4, -0.2) is 36.7 Å². The number of rotatable bonds is 7. The van der Waals surface area contributed by atoms with E-state index < -0.39 is 53.8 Å². The van der Waals surface area contributed by atoms with Crippen molar-refractivity contribution in [1.82, 2.24) is 4.90 Å². The lowest BCUT2D eigenvalue weighted by Crippen LogP contribution is -2.34. The molecule has 228 valence electrons. The number of cyclic esters (lactones) is 1. The molecule has 1 heterocycles. The Labute approximate surface area is 239 Å². The molecule has 2 aromatic rings. The van der Waals surface area contributed by atoms with Crippen molar-refractivity contribution < 1.29 is 50.1 Å². The van der Waals surface area contributed by atoms with E-state index in [9.17, 15) is 35.9 Å². The smallest absolute Gasteiger partial charge is 0.416 e. The molecule has 3 atom stereocenters. The summed E-state index contributed by atoms with van der Waals surface area (Å²) in [7, 11) is 1.52. The second kappa shape index (κ2) is 11.9. The van der Waals surface area contributed by atoms with Crippen LogP contribution in [0.3, 0.4) is 0 Å².